The van der Waals surface area contributed by atoms with Crippen molar-refractivity contribution in [2.24, 2.45) is 10.7 Å². The number of hydrogen-bond acceptors (Lipinski definition) is 3. The van der Waals surface area contributed by atoms with Crippen LogP contribution < -0.4 is 5.73 Å². The molecule has 182 valence electrons. The average Bonchev–Trinajstić information content (AvgIpc) is 2.84. The molecule has 0 aliphatic heterocycles. The highest BCUT2D eigenvalue weighted by atomic mass is 19.1. The molecule has 0 heterocycles. The molecule has 1 aromatic rings. The zero-order chi connectivity index (χ0) is 25.1. The maximum Gasteiger partial charge on any atom is 0.141 e. The predicted molar refractivity (Wildman–Crippen MR) is 143 cm³/mol. The Morgan fingerprint density at radius 3 is 2.62 bits per heavy atom. The molecular weight excluding hydrogens is 421 g/mol. The molecule has 34 heavy (non-hydrogen) atoms. The van der Waals surface area contributed by atoms with Crippen LogP contribution in [0.25, 0.3) is 5.57 Å². The lowest BCUT2D eigenvalue weighted by atomic mass is 9.86. The van der Waals surface area contributed by atoms with Crippen molar-refractivity contribution in [2.75, 3.05) is 0 Å². The van der Waals surface area contributed by atoms with Gasteiger partial charge in [0, 0.05) is 12.3 Å². The summed E-state index contributed by atoms with van der Waals surface area (Å²) in [5, 5.41) is 9.19. The summed E-state index contributed by atoms with van der Waals surface area (Å²) in [4.78, 5) is 4.61. The van der Waals surface area contributed by atoms with Crippen LogP contribution in [0.15, 0.2) is 63.3 Å². The van der Waals surface area contributed by atoms with Gasteiger partial charge in [-0.2, -0.15) is 5.26 Å². The third-order valence-corrected chi connectivity index (χ3v) is 6.61. The van der Waals surface area contributed by atoms with Gasteiger partial charge in [0.25, 0.3) is 0 Å². The molecule has 1 aromatic carbocycles. The molecule has 0 fully saturated rings. The van der Waals surface area contributed by atoms with Gasteiger partial charge in [0.15, 0.2) is 0 Å². The molecule has 0 spiro atoms. The fourth-order valence-electron chi connectivity index (χ4n) is 4.44. The minimum Gasteiger partial charge on any atom is -0.327 e. The molecule has 0 saturated carbocycles. The van der Waals surface area contributed by atoms with E-state index < -0.39 is 5.82 Å². The second-order valence-corrected chi connectivity index (χ2v) is 9.01. The summed E-state index contributed by atoms with van der Waals surface area (Å²) in [5.41, 5.74) is 14.3. The van der Waals surface area contributed by atoms with E-state index in [1.54, 1.807) is 6.07 Å². The Kier molecular flexibility index (Phi) is 11.2. The number of benzene rings is 1. The van der Waals surface area contributed by atoms with Crippen molar-refractivity contribution in [3.8, 4) is 6.07 Å². The van der Waals surface area contributed by atoms with Crippen molar-refractivity contribution in [3.05, 3.63) is 75.3 Å². The number of nitrogens with two attached hydrogens (primary N) is 1. The fraction of sp³-hybridized carbons (Fsp3) is 0.467. The lowest BCUT2D eigenvalue weighted by Gasteiger charge is -2.21. The lowest BCUT2D eigenvalue weighted by Crippen LogP contribution is -2.20. The van der Waals surface area contributed by atoms with E-state index in [9.17, 15) is 9.65 Å². The first-order valence-electron chi connectivity index (χ1n) is 12.7. The van der Waals surface area contributed by atoms with Gasteiger partial charge in [-0.1, -0.05) is 51.3 Å². The van der Waals surface area contributed by atoms with Crippen LogP contribution in [0.1, 0.15) is 97.1 Å². The van der Waals surface area contributed by atoms with Crippen molar-refractivity contribution < 1.29 is 4.39 Å². The van der Waals surface area contributed by atoms with Crippen LogP contribution in [-0.2, 0) is 0 Å². The molecule has 0 radical (unpaired) electrons. The highest BCUT2D eigenvalue weighted by molar-refractivity contribution is 5.80. The average molecular weight is 462 g/mol. The minimum atomic E-state index is -0.488. The van der Waals surface area contributed by atoms with Crippen molar-refractivity contribution in [3.63, 3.8) is 0 Å². The summed E-state index contributed by atoms with van der Waals surface area (Å²) in [5.74, 6) is -0.488. The van der Waals surface area contributed by atoms with Crippen LogP contribution in [-0.4, -0.2) is 12.3 Å². The Bertz CT molecular complexity index is 1050. The second-order valence-electron chi connectivity index (χ2n) is 9.01. The number of unbranched alkanes of at least 4 members (excludes halogenated alkanes) is 1. The van der Waals surface area contributed by atoms with Gasteiger partial charge in [-0.3, -0.25) is 4.99 Å². The fourth-order valence-corrected chi connectivity index (χ4v) is 4.44. The summed E-state index contributed by atoms with van der Waals surface area (Å²) < 4.78 is 14.6. The first-order chi connectivity index (χ1) is 16.4. The number of rotatable bonds is 11. The highest BCUT2D eigenvalue weighted by Gasteiger charge is 2.17. The van der Waals surface area contributed by atoms with Crippen LogP contribution in [0.4, 0.5) is 4.39 Å². The van der Waals surface area contributed by atoms with Crippen LogP contribution >= 0.6 is 0 Å². The van der Waals surface area contributed by atoms with Crippen molar-refractivity contribution >= 4 is 11.8 Å². The molecule has 0 bridgehead atoms. The summed E-state index contributed by atoms with van der Waals surface area (Å²) >= 11 is 0. The Balaban J connectivity index is 2.63. The molecule has 1 aliphatic rings. The smallest absolute Gasteiger partial charge is 0.141 e. The Morgan fingerprint density at radius 2 is 2.03 bits per heavy atom. The van der Waals surface area contributed by atoms with E-state index in [0.29, 0.717) is 0 Å². The van der Waals surface area contributed by atoms with Crippen LogP contribution in [0, 0.1) is 17.1 Å². The molecule has 1 atom stereocenters. The van der Waals surface area contributed by atoms with Crippen molar-refractivity contribution in [1.82, 2.24) is 0 Å². The maximum absolute atomic E-state index is 14.6. The summed E-state index contributed by atoms with van der Waals surface area (Å²) in [6, 6.07) is 6.96. The maximum atomic E-state index is 14.6. The van der Waals surface area contributed by atoms with Gasteiger partial charge in [-0.05, 0) is 98.4 Å². The molecular formula is C30H40FN3. The number of allylic oxidation sites excluding steroid dienone is 6. The molecule has 2 rings (SSSR count). The summed E-state index contributed by atoms with van der Waals surface area (Å²) in [6.45, 7) is 10.6. The quantitative estimate of drug-likeness (QED) is 0.267. The number of nitrogens with zero attached hydrogens (tertiary/aromatic N) is 2. The van der Waals surface area contributed by atoms with E-state index in [2.05, 4.69) is 44.8 Å². The van der Waals surface area contributed by atoms with Crippen LogP contribution in [0.3, 0.4) is 0 Å². The topological polar surface area (TPSA) is 62.2 Å². The molecule has 1 aliphatic carbocycles. The van der Waals surface area contributed by atoms with Crippen molar-refractivity contribution in [1.29, 1.82) is 5.26 Å². The molecule has 0 amide bonds. The van der Waals surface area contributed by atoms with E-state index >= 15 is 0 Å². The monoisotopic (exact) mass is 461 g/mol. The predicted octanol–water partition coefficient (Wildman–Crippen LogP) is 8.19. The number of hydrogen-bond donors (Lipinski definition) is 1. The van der Waals surface area contributed by atoms with Crippen LogP contribution in [0.2, 0.25) is 0 Å². The zero-order valence-electron chi connectivity index (χ0n) is 21.5. The van der Waals surface area contributed by atoms with E-state index in [0.717, 1.165) is 73.8 Å². The number of aliphatic imine (C=N–C) groups is 1. The van der Waals surface area contributed by atoms with Gasteiger partial charge in [0.2, 0.25) is 0 Å². The van der Waals surface area contributed by atoms with Gasteiger partial charge in [-0.25, -0.2) is 4.39 Å². The van der Waals surface area contributed by atoms with E-state index in [-0.39, 0.29) is 11.6 Å². The van der Waals surface area contributed by atoms with Gasteiger partial charge >= 0.3 is 0 Å². The van der Waals surface area contributed by atoms with Crippen LogP contribution in [0.5, 0.6) is 0 Å². The van der Waals surface area contributed by atoms with Gasteiger partial charge in [0.1, 0.15) is 11.9 Å². The van der Waals surface area contributed by atoms with E-state index in [1.165, 1.54) is 22.8 Å². The third-order valence-electron chi connectivity index (χ3n) is 6.61. The number of nitriles is 1. The largest absolute Gasteiger partial charge is 0.327 e. The molecule has 1 unspecified atom stereocenters. The zero-order valence-corrected chi connectivity index (χ0v) is 21.5. The van der Waals surface area contributed by atoms with Gasteiger partial charge in [-0.15, -0.1) is 0 Å². The van der Waals surface area contributed by atoms with Crippen molar-refractivity contribution in [2.45, 2.75) is 92.0 Å². The third kappa shape index (κ3) is 7.37. The van der Waals surface area contributed by atoms with E-state index in [4.69, 9.17) is 5.73 Å². The standard InChI is InChI=1S/C30H40FN3/c1-6-10-11-27(33)16-22(7-2)17-28(25-14-15-26(20-32)29(31)18-25)21(5)24-13-12-23(8-3)30(19-24)34-9-4/h9,14-15,17-19,27H,6-8,10-13,16,33H2,1-5H3/b22-17+,28-21-,34-9?. The highest BCUT2D eigenvalue weighted by Crippen LogP contribution is 2.35. The van der Waals surface area contributed by atoms with Gasteiger partial charge < -0.3 is 5.73 Å². The molecule has 2 N–H and O–H groups in total. The van der Waals surface area contributed by atoms with Gasteiger partial charge in [0.05, 0.1) is 11.3 Å². The number of halogens is 1. The molecule has 0 saturated heterocycles. The summed E-state index contributed by atoms with van der Waals surface area (Å²) in [6.07, 6.45) is 14.1. The molecule has 0 aromatic heterocycles. The Morgan fingerprint density at radius 1 is 1.26 bits per heavy atom. The first-order valence-corrected chi connectivity index (χ1v) is 12.7. The second kappa shape index (κ2) is 13.8. The van der Waals surface area contributed by atoms with E-state index in [1.807, 2.05) is 25.3 Å². The normalized spacial score (nSPS) is 16.4. The molecule has 4 heteroatoms. The Hall–Kier alpha value is -2.77. The molecule has 3 nitrogen and oxygen atoms in total. The lowest BCUT2D eigenvalue weighted by molar-refractivity contribution is 0.566. The SMILES string of the molecule is CC=NC1=C(CC)CCC(/C(C)=C(/C=C(\CC)CC(N)CCCC)c2ccc(C#N)c(F)c2)=C1. The summed E-state index contributed by atoms with van der Waals surface area (Å²) in [7, 11) is 0. The minimum absolute atomic E-state index is 0.0639. The Labute approximate surface area is 205 Å². The first kappa shape index (κ1) is 27.5.